The number of amides is 1. The average molecular weight is 354 g/mol. The number of hydrogen-bond acceptors (Lipinski definition) is 4. The predicted molar refractivity (Wildman–Crippen MR) is 101 cm³/mol. The smallest absolute Gasteiger partial charge is 0.237 e. The summed E-state index contributed by atoms with van der Waals surface area (Å²) < 4.78 is 5.92. The molecule has 1 aromatic carbocycles. The van der Waals surface area contributed by atoms with Gasteiger partial charge in [0, 0.05) is 30.4 Å². The first-order valence-electron chi connectivity index (χ1n) is 8.63. The highest BCUT2D eigenvalue weighted by molar-refractivity contribution is 7.10. The van der Waals surface area contributed by atoms with Crippen LogP contribution in [0.3, 0.4) is 0 Å². The van der Waals surface area contributed by atoms with Gasteiger partial charge in [-0.1, -0.05) is 18.2 Å². The molecular weight excluding hydrogens is 332 g/mol. The lowest BCUT2D eigenvalue weighted by Gasteiger charge is -2.30. The zero-order valence-electron chi connectivity index (χ0n) is 14.6. The Morgan fingerprint density at radius 3 is 3.04 bits per heavy atom. The fourth-order valence-corrected chi connectivity index (χ4v) is 4.25. The molecule has 1 amide bonds. The lowest BCUT2D eigenvalue weighted by molar-refractivity contribution is -0.133. The van der Waals surface area contributed by atoms with Gasteiger partial charge in [-0.3, -0.25) is 9.69 Å². The van der Waals surface area contributed by atoms with Crippen molar-refractivity contribution in [2.24, 2.45) is 0 Å². The van der Waals surface area contributed by atoms with Crippen molar-refractivity contribution in [3.8, 4) is 0 Å². The Labute approximate surface area is 151 Å². The van der Waals surface area contributed by atoms with Crippen LogP contribution in [0.4, 0.5) is 0 Å². The van der Waals surface area contributed by atoms with Gasteiger partial charge in [0.05, 0.1) is 12.6 Å². The fraction of sp³-hybridized carbons (Fsp3) is 0.350. The molecule has 0 saturated carbocycles. The van der Waals surface area contributed by atoms with Gasteiger partial charge in [-0.05, 0) is 42.5 Å². The summed E-state index contributed by atoms with van der Waals surface area (Å²) in [6, 6.07) is 12.1. The third kappa shape index (κ3) is 3.22. The molecule has 1 unspecified atom stereocenters. The van der Waals surface area contributed by atoms with Crippen molar-refractivity contribution in [1.29, 1.82) is 0 Å². The molecule has 0 bridgehead atoms. The quantitative estimate of drug-likeness (QED) is 0.709. The summed E-state index contributed by atoms with van der Waals surface area (Å²) in [6.45, 7) is 4.29. The number of nitrogens with zero attached hydrogens (tertiary/aromatic N) is 2. The maximum Gasteiger partial charge on any atom is 0.237 e. The van der Waals surface area contributed by atoms with Crippen LogP contribution < -0.4 is 0 Å². The standard InChI is InChI=1S/C20H22N2O2S/c1-14(18-11-15-5-3-4-6-17(15)24-18)21(2)20(23)13-22-9-7-19-16(12-22)8-10-25-19/h3-6,8,10-11,14H,7,9,12-13H2,1-2H3. The topological polar surface area (TPSA) is 36.7 Å². The number of rotatable bonds is 4. The molecule has 0 radical (unpaired) electrons. The summed E-state index contributed by atoms with van der Waals surface area (Å²) in [4.78, 5) is 18.2. The van der Waals surface area contributed by atoms with E-state index in [2.05, 4.69) is 16.3 Å². The second-order valence-electron chi connectivity index (χ2n) is 6.70. The summed E-state index contributed by atoms with van der Waals surface area (Å²) >= 11 is 1.82. The molecule has 130 valence electrons. The maximum atomic E-state index is 12.7. The summed E-state index contributed by atoms with van der Waals surface area (Å²) in [5, 5.41) is 3.22. The molecule has 0 saturated heterocycles. The molecule has 0 aliphatic carbocycles. The SMILES string of the molecule is CC(c1cc2ccccc2o1)N(C)C(=O)CN1CCc2sccc2C1. The Morgan fingerprint density at radius 1 is 1.36 bits per heavy atom. The van der Waals surface area contributed by atoms with E-state index < -0.39 is 0 Å². The van der Waals surface area contributed by atoms with Crippen LogP contribution in [0.5, 0.6) is 0 Å². The van der Waals surface area contributed by atoms with Crippen LogP contribution in [0.2, 0.25) is 0 Å². The van der Waals surface area contributed by atoms with Crippen LogP contribution in [-0.2, 0) is 17.8 Å². The van der Waals surface area contributed by atoms with Crippen molar-refractivity contribution in [3.05, 3.63) is 58.0 Å². The summed E-state index contributed by atoms with van der Waals surface area (Å²) in [5.41, 5.74) is 2.24. The van der Waals surface area contributed by atoms with Crippen LogP contribution in [0.1, 0.15) is 29.2 Å². The third-order valence-electron chi connectivity index (χ3n) is 5.08. The molecule has 4 rings (SSSR count). The molecule has 0 spiro atoms. The van der Waals surface area contributed by atoms with Gasteiger partial charge in [-0.15, -0.1) is 11.3 Å². The van der Waals surface area contributed by atoms with Crippen molar-refractivity contribution in [2.45, 2.75) is 25.9 Å². The number of para-hydroxylation sites is 1. The van der Waals surface area contributed by atoms with Gasteiger partial charge in [-0.25, -0.2) is 0 Å². The molecule has 0 N–H and O–H groups in total. The molecule has 3 aromatic rings. The van der Waals surface area contributed by atoms with Crippen molar-refractivity contribution in [2.75, 3.05) is 20.1 Å². The van der Waals surface area contributed by atoms with Gasteiger partial charge in [0.1, 0.15) is 11.3 Å². The average Bonchev–Trinajstić information content (AvgIpc) is 3.26. The van der Waals surface area contributed by atoms with Crippen LogP contribution in [0, 0.1) is 0 Å². The zero-order valence-corrected chi connectivity index (χ0v) is 15.4. The van der Waals surface area contributed by atoms with E-state index in [1.165, 1.54) is 10.4 Å². The number of fused-ring (bicyclic) bond motifs is 2. The molecule has 0 fully saturated rings. The monoisotopic (exact) mass is 354 g/mol. The largest absolute Gasteiger partial charge is 0.459 e. The zero-order chi connectivity index (χ0) is 17.4. The maximum absolute atomic E-state index is 12.7. The first-order valence-corrected chi connectivity index (χ1v) is 9.51. The first kappa shape index (κ1) is 16.4. The highest BCUT2D eigenvalue weighted by atomic mass is 32.1. The number of furan rings is 1. The summed E-state index contributed by atoms with van der Waals surface area (Å²) in [7, 11) is 1.86. The van der Waals surface area contributed by atoms with Crippen LogP contribution in [0.25, 0.3) is 11.0 Å². The van der Waals surface area contributed by atoms with Gasteiger partial charge >= 0.3 is 0 Å². The highest BCUT2D eigenvalue weighted by Crippen LogP contribution is 2.27. The van der Waals surface area contributed by atoms with E-state index in [0.29, 0.717) is 6.54 Å². The fourth-order valence-electron chi connectivity index (χ4n) is 3.36. The van der Waals surface area contributed by atoms with Crippen LogP contribution >= 0.6 is 11.3 Å². The first-order chi connectivity index (χ1) is 12.1. The van der Waals surface area contributed by atoms with Crippen molar-refractivity contribution >= 4 is 28.2 Å². The molecule has 25 heavy (non-hydrogen) atoms. The van der Waals surface area contributed by atoms with Crippen LogP contribution in [-0.4, -0.2) is 35.8 Å². The Bertz CT molecular complexity index is 865. The molecule has 3 heterocycles. The second-order valence-corrected chi connectivity index (χ2v) is 7.70. The molecule has 1 aliphatic heterocycles. The van der Waals surface area contributed by atoms with Gasteiger partial charge in [-0.2, -0.15) is 0 Å². The molecule has 5 heteroatoms. The molecule has 1 aliphatic rings. The van der Waals surface area contributed by atoms with E-state index in [1.54, 1.807) is 4.90 Å². The predicted octanol–water partition coefficient (Wildman–Crippen LogP) is 4.07. The van der Waals surface area contributed by atoms with E-state index in [0.717, 1.165) is 36.2 Å². The third-order valence-corrected chi connectivity index (χ3v) is 6.10. The number of likely N-dealkylation sites (N-methyl/N-ethyl adjacent to an activating group) is 1. The van der Waals surface area contributed by atoms with Crippen molar-refractivity contribution in [1.82, 2.24) is 9.80 Å². The van der Waals surface area contributed by atoms with E-state index in [-0.39, 0.29) is 11.9 Å². The highest BCUT2D eigenvalue weighted by Gasteiger charge is 2.24. The molecular formula is C20H22N2O2S. The minimum absolute atomic E-state index is 0.0820. The number of carbonyl (C=O) groups excluding carboxylic acids is 1. The van der Waals surface area contributed by atoms with E-state index in [1.807, 2.05) is 55.6 Å². The van der Waals surface area contributed by atoms with Gasteiger partial charge in [0.25, 0.3) is 0 Å². The lowest BCUT2D eigenvalue weighted by Crippen LogP contribution is -2.41. The number of benzene rings is 1. The van der Waals surface area contributed by atoms with Crippen LogP contribution in [0.15, 0.2) is 46.2 Å². The summed E-state index contributed by atoms with van der Waals surface area (Å²) in [6.07, 6.45) is 1.04. The Kier molecular flexibility index (Phi) is 4.36. The Morgan fingerprint density at radius 2 is 2.20 bits per heavy atom. The van der Waals surface area contributed by atoms with Gasteiger partial charge < -0.3 is 9.32 Å². The van der Waals surface area contributed by atoms with Crippen molar-refractivity contribution in [3.63, 3.8) is 0 Å². The molecule has 2 aromatic heterocycles. The molecule has 1 atom stereocenters. The number of carbonyl (C=O) groups is 1. The summed E-state index contributed by atoms with van der Waals surface area (Å²) in [5.74, 6) is 0.961. The van der Waals surface area contributed by atoms with E-state index in [9.17, 15) is 4.79 Å². The second kappa shape index (κ2) is 6.65. The number of thiophene rings is 1. The Hall–Kier alpha value is -2.11. The number of hydrogen-bond donors (Lipinski definition) is 0. The minimum atomic E-state index is -0.0820. The van der Waals surface area contributed by atoms with Crippen molar-refractivity contribution < 1.29 is 9.21 Å². The van der Waals surface area contributed by atoms with E-state index in [4.69, 9.17) is 4.42 Å². The van der Waals surface area contributed by atoms with Gasteiger partial charge in [0.15, 0.2) is 0 Å². The lowest BCUT2D eigenvalue weighted by atomic mass is 10.1. The Balaban J connectivity index is 1.43. The van der Waals surface area contributed by atoms with E-state index >= 15 is 0 Å². The minimum Gasteiger partial charge on any atom is -0.459 e. The molecule has 4 nitrogen and oxygen atoms in total. The van der Waals surface area contributed by atoms with Gasteiger partial charge in [0.2, 0.25) is 5.91 Å². The normalized spacial score (nSPS) is 15.9.